The summed E-state index contributed by atoms with van der Waals surface area (Å²) in [4.78, 5) is 10.1. The number of anilines is 1. The Morgan fingerprint density at radius 2 is 1.67 bits per heavy atom. The Balaban J connectivity index is 2.04. The molecule has 0 amide bonds. The lowest BCUT2D eigenvalue weighted by Crippen LogP contribution is -1.98. The Morgan fingerprint density at radius 3 is 2.33 bits per heavy atom. The number of azo groups is 1. The molecule has 0 aliphatic heterocycles. The van der Waals surface area contributed by atoms with E-state index in [0.717, 1.165) is 11.1 Å². The number of fused-ring (bicyclic) bond motifs is 1. The van der Waals surface area contributed by atoms with Crippen molar-refractivity contribution in [2.24, 2.45) is 15.4 Å². The lowest BCUT2D eigenvalue weighted by Gasteiger charge is -2.07. The summed E-state index contributed by atoms with van der Waals surface area (Å²) in [7, 11) is -4.33. The highest BCUT2D eigenvalue weighted by molar-refractivity contribution is 7.85. The van der Waals surface area contributed by atoms with Gasteiger partial charge in [-0.2, -0.15) is 18.4 Å². The van der Waals surface area contributed by atoms with Crippen LogP contribution in [0, 0.1) is 11.8 Å². The van der Waals surface area contributed by atoms with Crippen molar-refractivity contribution in [1.29, 1.82) is 0 Å². The van der Waals surface area contributed by atoms with Gasteiger partial charge in [0.1, 0.15) is 6.54 Å². The second-order valence-corrected chi connectivity index (χ2v) is 7.39. The van der Waals surface area contributed by atoms with Crippen LogP contribution in [0.5, 0.6) is 0 Å². The topological polar surface area (TPSA) is 135 Å². The fourth-order valence-corrected chi connectivity index (χ4v) is 3.20. The van der Waals surface area contributed by atoms with Crippen molar-refractivity contribution in [2.45, 2.75) is 18.4 Å². The molecule has 27 heavy (non-hydrogen) atoms. The fourth-order valence-electron chi connectivity index (χ4n) is 2.69. The van der Waals surface area contributed by atoms with Crippen molar-refractivity contribution in [1.82, 2.24) is 0 Å². The molecule has 3 N–H and O–H groups in total. The summed E-state index contributed by atoms with van der Waals surface area (Å²) in [6, 6.07) is 12.7. The Bertz CT molecular complexity index is 1170. The molecule has 0 heterocycles. The summed E-state index contributed by atoms with van der Waals surface area (Å²) in [6.45, 7) is 1.94. The van der Waals surface area contributed by atoms with Gasteiger partial charge in [-0.3, -0.25) is 4.55 Å². The van der Waals surface area contributed by atoms with E-state index >= 15 is 0 Å². The third-order valence-electron chi connectivity index (χ3n) is 4.07. The SMILES string of the molecule is Cc1cc(CN=O)ccc1N=Nc1ccc(N)c2cc(S(=O)(=O)O)ccc12. The molecule has 138 valence electrons. The molecular formula is C18H16N4O4S. The lowest BCUT2D eigenvalue weighted by atomic mass is 10.1. The minimum absolute atomic E-state index is 0.0942. The van der Waals surface area contributed by atoms with Crippen molar-refractivity contribution in [3.8, 4) is 0 Å². The molecule has 8 nitrogen and oxygen atoms in total. The molecule has 0 aliphatic rings. The van der Waals surface area contributed by atoms with Gasteiger partial charge < -0.3 is 5.73 Å². The van der Waals surface area contributed by atoms with Crippen LogP contribution in [0.1, 0.15) is 11.1 Å². The smallest absolute Gasteiger partial charge is 0.294 e. The normalized spacial score (nSPS) is 11.9. The number of benzene rings is 3. The molecule has 3 aromatic carbocycles. The van der Waals surface area contributed by atoms with Gasteiger partial charge in [-0.25, -0.2) is 0 Å². The zero-order valence-electron chi connectivity index (χ0n) is 14.3. The van der Waals surface area contributed by atoms with Crippen LogP contribution in [0.2, 0.25) is 0 Å². The van der Waals surface area contributed by atoms with E-state index in [1.54, 1.807) is 24.3 Å². The maximum absolute atomic E-state index is 11.3. The number of hydrogen-bond donors (Lipinski definition) is 2. The molecular weight excluding hydrogens is 368 g/mol. The molecule has 0 unspecified atom stereocenters. The van der Waals surface area contributed by atoms with E-state index in [4.69, 9.17) is 5.73 Å². The van der Waals surface area contributed by atoms with E-state index in [2.05, 4.69) is 15.4 Å². The van der Waals surface area contributed by atoms with Crippen molar-refractivity contribution in [3.05, 3.63) is 64.6 Å². The highest BCUT2D eigenvalue weighted by atomic mass is 32.2. The molecule has 0 saturated carbocycles. The average molecular weight is 384 g/mol. The molecule has 0 atom stereocenters. The van der Waals surface area contributed by atoms with E-state index in [1.807, 2.05) is 13.0 Å². The third-order valence-corrected chi connectivity index (χ3v) is 4.92. The van der Waals surface area contributed by atoms with Crippen molar-refractivity contribution in [3.63, 3.8) is 0 Å². The Labute approximate surface area is 155 Å². The highest BCUT2D eigenvalue weighted by Crippen LogP contribution is 2.33. The molecule has 0 radical (unpaired) electrons. The zero-order chi connectivity index (χ0) is 19.6. The average Bonchev–Trinajstić information content (AvgIpc) is 2.62. The van der Waals surface area contributed by atoms with Gasteiger partial charge in [0, 0.05) is 16.5 Å². The maximum atomic E-state index is 11.3. The number of nitrogens with two attached hydrogens (primary N) is 1. The van der Waals surface area contributed by atoms with Crippen LogP contribution in [-0.4, -0.2) is 13.0 Å². The summed E-state index contributed by atoms with van der Waals surface area (Å²) in [5, 5.41) is 12.4. The molecule has 0 aromatic heterocycles. The number of hydrogen-bond acceptors (Lipinski definition) is 7. The highest BCUT2D eigenvalue weighted by Gasteiger charge is 2.12. The van der Waals surface area contributed by atoms with E-state index < -0.39 is 10.1 Å². The summed E-state index contributed by atoms with van der Waals surface area (Å²) < 4.78 is 31.9. The van der Waals surface area contributed by atoms with Crippen molar-refractivity contribution in [2.75, 3.05) is 5.73 Å². The Morgan fingerprint density at radius 1 is 0.963 bits per heavy atom. The van der Waals surface area contributed by atoms with Crippen LogP contribution in [0.4, 0.5) is 17.1 Å². The quantitative estimate of drug-likeness (QED) is 0.285. The summed E-state index contributed by atoms with van der Waals surface area (Å²) in [5.74, 6) is 0. The first kappa shape index (κ1) is 18.6. The van der Waals surface area contributed by atoms with Gasteiger partial charge in [-0.1, -0.05) is 23.4 Å². The second kappa shape index (κ2) is 7.22. The standard InChI is InChI=1S/C18H16N4O4S/c1-11-8-12(10-20-23)2-6-17(11)21-22-18-7-5-16(19)15-9-13(27(24,25)26)3-4-14(15)18/h2-9H,10,19H2,1H3,(H,24,25,26). The number of nitrogen functional groups attached to an aromatic ring is 1. The molecule has 9 heteroatoms. The third kappa shape index (κ3) is 3.99. The first-order chi connectivity index (χ1) is 12.8. The lowest BCUT2D eigenvalue weighted by molar-refractivity contribution is 0.483. The summed E-state index contributed by atoms with van der Waals surface area (Å²) >= 11 is 0. The van der Waals surface area contributed by atoms with Crippen LogP contribution < -0.4 is 5.73 Å². The van der Waals surface area contributed by atoms with E-state index in [-0.39, 0.29) is 11.4 Å². The Kier molecular flexibility index (Phi) is 4.98. The number of nitrogens with zero attached hydrogens (tertiary/aromatic N) is 3. The van der Waals surface area contributed by atoms with Crippen molar-refractivity contribution >= 4 is 38.0 Å². The molecule has 3 rings (SSSR count). The minimum atomic E-state index is -4.33. The Hall–Kier alpha value is -3.17. The monoisotopic (exact) mass is 384 g/mol. The molecule has 3 aromatic rings. The van der Waals surface area contributed by atoms with Crippen LogP contribution in [0.3, 0.4) is 0 Å². The van der Waals surface area contributed by atoms with Gasteiger partial charge in [0.05, 0.1) is 16.3 Å². The summed E-state index contributed by atoms with van der Waals surface area (Å²) in [6.07, 6.45) is 0. The zero-order valence-corrected chi connectivity index (χ0v) is 15.1. The van der Waals surface area contributed by atoms with Crippen LogP contribution in [0.15, 0.2) is 68.8 Å². The fraction of sp³-hybridized carbons (Fsp3) is 0.111. The minimum Gasteiger partial charge on any atom is -0.398 e. The van der Waals surface area contributed by atoms with Crippen LogP contribution >= 0.6 is 0 Å². The first-order valence-electron chi connectivity index (χ1n) is 7.90. The molecule has 0 saturated heterocycles. The maximum Gasteiger partial charge on any atom is 0.294 e. The van der Waals surface area contributed by atoms with Gasteiger partial charge in [0.25, 0.3) is 10.1 Å². The second-order valence-electron chi connectivity index (χ2n) is 5.96. The predicted octanol–water partition coefficient (Wildman–Crippen LogP) is 4.66. The van der Waals surface area contributed by atoms with Crippen molar-refractivity contribution < 1.29 is 13.0 Å². The van der Waals surface area contributed by atoms with Crippen LogP contribution in [-0.2, 0) is 16.7 Å². The number of rotatable bonds is 5. The van der Waals surface area contributed by atoms with E-state index in [9.17, 15) is 17.9 Å². The number of aryl methyl sites for hydroxylation is 1. The van der Waals surface area contributed by atoms with Gasteiger partial charge in [-0.15, -0.1) is 5.11 Å². The summed E-state index contributed by atoms with van der Waals surface area (Å²) in [5.41, 5.74) is 9.05. The van der Waals surface area contributed by atoms with Gasteiger partial charge in [0.2, 0.25) is 0 Å². The van der Waals surface area contributed by atoms with E-state index in [0.29, 0.717) is 27.8 Å². The van der Waals surface area contributed by atoms with Gasteiger partial charge >= 0.3 is 0 Å². The van der Waals surface area contributed by atoms with E-state index in [1.165, 1.54) is 18.2 Å². The number of nitroso groups, excluding NO2 is 1. The molecule has 0 fully saturated rings. The largest absolute Gasteiger partial charge is 0.398 e. The molecule has 0 spiro atoms. The first-order valence-corrected chi connectivity index (χ1v) is 9.34. The molecule has 0 bridgehead atoms. The predicted molar refractivity (Wildman–Crippen MR) is 103 cm³/mol. The van der Waals surface area contributed by atoms with Crippen LogP contribution in [0.25, 0.3) is 10.8 Å². The van der Waals surface area contributed by atoms with Gasteiger partial charge in [0.15, 0.2) is 0 Å². The molecule has 0 aliphatic carbocycles. The van der Waals surface area contributed by atoms with Gasteiger partial charge in [-0.05, 0) is 48.4 Å².